The van der Waals surface area contributed by atoms with Gasteiger partial charge in [-0.1, -0.05) is 18.7 Å². The van der Waals surface area contributed by atoms with Crippen molar-refractivity contribution in [3.05, 3.63) is 24.5 Å². The Labute approximate surface area is 72.9 Å². The Hall–Kier alpha value is -1.05. The van der Waals surface area contributed by atoms with Gasteiger partial charge >= 0.3 is 5.97 Å². The second-order valence-electron chi connectivity index (χ2n) is 3.15. The largest absolute Gasteiger partial charge is 0.432 e. The Morgan fingerprint density at radius 2 is 2.50 bits per heavy atom. The molecular weight excluding hydrogens is 152 g/mol. The van der Waals surface area contributed by atoms with Crippen LogP contribution in [0.2, 0.25) is 0 Å². The van der Waals surface area contributed by atoms with E-state index >= 15 is 0 Å². The van der Waals surface area contributed by atoms with E-state index in [0.717, 1.165) is 12.8 Å². The molecule has 1 atom stereocenters. The molecular formula is C10H14O2. The number of carbonyl (C=O) groups is 1. The first-order chi connectivity index (χ1) is 5.68. The lowest BCUT2D eigenvalue weighted by Crippen LogP contribution is -2.07. The molecule has 0 bridgehead atoms. The average Bonchev–Trinajstić information content (AvgIpc) is 2.37. The van der Waals surface area contributed by atoms with Gasteiger partial charge in [-0.05, 0) is 25.7 Å². The number of rotatable bonds is 3. The molecule has 0 fully saturated rings. The van der Waals surface area contributed by atoms with Crippen molar-refractivity contribution in [2.75, 3.05) is 0 Å². The third-order valence-corrected chi connectivity index (χ3v) is 1.83. The van der Waals surface area contributed by atoms with Crippen LogP contribution in [-0.2, 0) is 9.53 Å². The molecule has 0 aromatic heterocycles. The predicted molar refractivity (Wildman–Crippen MR) is 47.4 cm³/mol. The molecule has 0 aromatic rings. The highest BCUT2D eigenvalue weighted by molar-refractivity contribution is 5.71. The SMILES string of the molecule is C=C(C)OC(=O)CC1C=CCC1. The van der Waals surface area contributed by atoms with E-state index in [1.165, 1.54) is 0 Å². The molecule has 1 aliphatic carbocycles. The van der Waals surface area contributed by atoms with Crippen molar-refractivity contribution in [1.82, 2.24) is 0 Å². The van der Waals surface area contributed by atoms with Crippen LogP contribution in [0, 0.1) is 5.92 Å². The van der Waals surface area contributed by atoms with Crippen LogP contribution in [0.4, 0.5) is 0 Å². The summed E-state index contributed by atoms with van der Waals surface area (Å²) in [6.45, 7) is 5.19. The van der Waals surface area contributed by atoms with Crippen LogP contribution in [0.25, 0.3) is 0 Å². The molecule has 1 aliphatic rings. The van der Waals surface area contributed by atoms with E-state index in [1.807, 2.05) is 0 Å². The van der Waals surface area contributed by atoms with Crippen LogP contribution in [0.3, 0.4) is 0 Å². The van der Waals surface area contributed by atoms with Gasteiger partial charge in [0.05, 0.1) is 12.2 Å². The van der Waals surface area contributed by atoms with Gasteiger partial charge in [0, 0.05) is 0 Å². The molecule has 0 spiro atoms. The Morgan fingerprint density at radius 1 is 1.75 bits per heavy atom. The van der Waals surface area contributed by atoms with Crippen LogP contribution in [0.5, 0.6) is 0 Å². The van der Waals surface area contributed by atoms with Crippen LogP contribution < -0.4 is 0 Å². The summed E-state index contributed by atoms with van der Waals surface area (Å²) in [5.74, 6) is 0.692. The maximum atomic E-state index is 11.1. The normalized spacial score (nSPS) is 20.9. The van der Waals surface area contributed by atoms with Gasteiger partial charge in [0.2, 0.25) is 0 Å². The van der Waals surface area contributed by atoms with Gasteiger partial charge in [-0.2, -0.15) is 0 Å². The lowest BCUT2D eigenvalue weighted by molar-refractivity contribution is -0.140. The molecule has 1 unspecified atom stereocenters. The van der Waals surface area contributed by atoms with Gasteiger partial charge in [-0.15, -0.1) is 0 Å². The minimum Gasteiger partial charge on any atom is -0.432 e. The smallest absolute Gasteiger partial charge is 0.311 e. The fourth-order valence-electron chi connectivity index (χ4n) is 1.32. The first-order valence-electron chi connectivity index (χ1n) is 4.21. The highest BCUT2D eigenvalue weighted by Gasteiger charge is 2.14. The van der Waals surface area contributed by atoms with E-state index in [2.05, 4.69) is 18.7 Å². The molecule has 1 rings (SSSR count). The second-order valence-corrected chi connectivity index (χ2v) is 3.15. The minimum atomic E-state index is -0.168. The molecule has 0 saturated carbocycles. The average molecular weight is 166 g/mol. The number of esters is 1. The van der Waals surface area contributed by atoms with Crippen molar-refractivity contribution < 1.29 is 9.53 Å². The summed E-state index contributed by atoms with van der Waals surface area (Å²) in [6.07, 6.45) is 6.85. The van der Waals surface area contributed by atoms with Gasteiger partial charge in [-0.3, -0.25) is 4.79 Å². The number of carbonyl (C=O) groups excluding carboxylic acids is 1. The quantitative estimate of drug-likeness (QED) is 0.365. The van der Waals surface area contributed by atoms with Crippen LogP contribution in [-0.4, -0.2) is 5.97 Å². The van der Waals surface area contributed by atoms with Crippen LogP contribution in [0.1, 0.15) is 26.2 Å². The number of ether oxygens (including phenoxy) is 1. The lowest BCUT2D eigenvalue weighted by atomic mass is 10.1. The first kappa shape index (κ1) is 9.04. The number of hydrogen-bond acceptors (Lipinski definition) is 2. The zero-order chi connectivity index (χ0) is 8.97. The van der Waals surface area contributed by atoms with Gasteiger partial charge in [0.1, 0.15) is 0 Å². The van der Waals surface area contributed by atoms with Gasteiger partial charge < -0.3 is 4.74 Å². The van der Waals surface area contributed by atoms with Gasteiger partial charge in [0.25, 0.3) is 0 Å². The van der Waals surface area contributed by atoms with E-state index in [4.69, 9.17) is 4.74 Å². The topological polar surface area (TPSA) is 26.3 Å². The minimum absolute atomic E-state index is 0.168. The van der Waals surface area contributed by atoms with Crippen molar-refractivity contribution in [3.63, 3.8) is 0 Å². The Kier molecular flexibility index (Phi) is 3.09. The molecule has 0 aromatic carbocycles. The van der Waals surface area contributed by atoms with E-state index in [9.17, 15) is 4.79 Å². The third kappa shape index (κ3) is 2.91. The summed E-state index contributed by atoms with van der Waals surface area (Å²) < 4.78 is 4.84. The molecule has 12 heavy (non-hydrogen) atoms. The maximum Gasteiger partial charge on any atom is 0.311 e. The Bertz CT molecular complexity index is 216. The van der Waals surface area contributed by atoms with Crippen LogP contribution in [0.15, 0.2) is 24.5 Å². The van der Waals surface area contributed by atoms with Gasteiger partial charge in [0.15, 0.2) is 0 Å². The number of allylic oxidation sites excluding steroid dienone is 3. The molecule has 0 saturated heterocycles. The molecule has 0 heterocycles. The summed E-state index contributed by atoms with van der Waals surface area (Å²) in [4.78, 5) is 11.1. The van der Waals surface area contributed by atoms with E-state index in [1.54, 1.807) is 6.92 Å². The number of hydrogen-bond donors (Lipinski definition) is 0. The zero-order valence-corrected chi connectivity index (χ0v) is 7.38. The molecule has 0 radical (unpaired) electrons. The molecule has 2 heteroatoms. The summed E-state index contributed by atoms with van der Waals surface area (Å²) >= 11 is 0. The fraction of sp³-hybridized carbons (Fsp3) is 0.500. The maximum absolute atomic E-state index is 11.1. The molecule has 0 aliphatic heterocycles. The van der Waals surface area contributed by atoms with Crippen molar-refractivity contribution in [3.8, 4) is 0 Å². The van der Waals surface area contributed by atoms with Crippen molar-refractivity contribution in [2.24, 2.45) is 5.92 Å². The standard InChI is InChI=1S/C10H14O2/c1-8(2)12-10(11)7-9-5-3-4-6-9/h3,5,9H,1,4,6-7H2,2H3. The van der Waals surface area contributed by atoms with Crippen molar-refractivity contribution >= 4 is 5.97 Å². The Morgan fingerprint density at radius 3 is 3.00 bits per heavy atom. The summed E-state index contributed by atoms with van der Waals surface area (Å²) in [6, 6.07) is 0. The van der Waals surface area contributed by atoms with Crippen molar-refractivity contribution in [1.29, 1.82) is 0 Å². The highest BCUT2D eigenvalue weighted by atomic mass is 16.5. The van der Waals surface area contributed by atoms with Crippen LogP contribution >= 0.6 is 0 Å². The molecule has 2 nitrogen and oxygen atoms in total. The Balaban J connectivity index is 2.26. The summed E-state index contributed by atoms with van der Waals surface area (Å²) in [5.41, 5.74) is 0. The monoisotopic (exact) mass is 166 g/mol. The third-order valence-electron chi connectivity index (χ3n) is 1.83. The van der Waals surface area contributed by atoms with E-state index in [-0.39, 0.29) is 5.97 Å². The summed E-state index contributed by atoms with van der Waals surface area (Å²) in [5, 5.41) is 0. The lowest BCUT2D eigenvalue weighted by Gasteiger charge is -2.06. The molecule has 0 amide bonds. The summed E-state index contributed by atoms with van der Waals surface area (Å²) in [7, 11) is 0. The van der Waals surface area contributed by atoms with Crippen molar-refractivity contribution in [2.45, 2.75) is 26.2 Å². The first-order valence-corrected chi connectivity index (χ1v) is 4.21. The predicted octanol–water partition coefficient (Wildman–Crippen LogP) is 2.42. The second kappa shape index (κ2) is 4.10. The highest BCUT2D eigenvalue weighted by Crippen LogP contribution is 2.20. The van der Waals surface area contributed by atoms with E-state index in [0.29, 0.717) is 18.1 Å². The fourth-order valence-corrected chi connectivity index (χ4v) is 1.32. The van der Waals surface area contributed by atoms with Gasteiger partial charge in [-0.25, -0.2) is 0 Å². The molecule has 0 N–H and O–H groups in total. The molecule has 66 valence electrons. The zero-order valence-electron chi connectivity index (χ0n) is 7.38. The van der Waals surface area contributed by atoms with E-state index < -0.39 is 0 Å².